The topological polar surface area (TPSA) is 94.0 Å². The van der Waals surface area contributed by atoms with Gasteiger partial charge in [-0.1, -0.05) is 42.5 Å². The molecule has 0 amide bonds. The Labute approximate surface area is 225 Å². The number of methoxy groups -OCH3 is 1. The number of hydrogen-bond donors (Lipinski definition) is 2. The van der Waals surface area contributed by atoms with Gasteiger partial charge in [-0.15, -0.1) is 0 Å². The summed E-state index contributed by atoms with van der Waals surface area (Å²) in [5.74, 6) is 6.54. The van der Waals surface area contributed by atoms with Gasteiger partial charge < -0.3 is 20.2 Å². The van der Waals surface area contributed by atoms with Crippen molar-refractivity contribution in [2.75, 3.05) is 31.4 Å². The zero-order valence-corrected chi connectivity index (χ0v) is 22.8. The quantitative estimate of drug-likeness (QED) is 0.202. The van der Waals surface area contributed by atoms with Gasteiger partial charge in [0.2, 0.25) is 0 Å². The average Bonchev–Trinajstić information content (AvgIpc) is 3.67. The average molecular weight is 515 g/mol. The maximum absolute atomic E-state index is 12.5. The van der Waals surface area contributed by atoms with Crippen LogP contribution in [0.4, 0.5) is 11.4 Å². The van der Waals surface area contributed by atoms with Crippen molar-refractivity contribution >= 4 is 17.3 Å². The molecular formula is C31H38N4O3. The highest BCUT2D eigenvalue weighted by Crippen LogP contribution is 2.45. The highest BCUT2D eigenvalue weighted by Gasteiger charge is 2.48. The number of ether oxygens (including phenoxy) is 2. The minimum absolute atomic E-state index is 0.0714. The Kier molecular flexibility index (Phi) is 7.07. The Morgan fingerprint density at radius 3 is 2.63 bits per heavy atom. The number of hydrazine groups is 1. The minimum atomic E-state index is -0.257. The molecule has 38 heavy (non-hydrogen) atoms. The lowest BCUT2D eigenvalue weighted by molar-refractivity contribution is -0.140. The van der Waals surface area contributed by atoms with E-state index >= 15 is 0 Å². The predicted octanol–water partition coefficient (Wildman–Crippen LogP) is 4.82. The fourth-order valence-corrected chi connectivity index (χ4v) is 5.61. The van der Waals surface area contributed by atoms with Crippen molar-refractivity contribution in [1.82, 2.24) is 4.90 Å². The smallest absolute Gasteiger partial charge is 0.306 e. The maximum Gasteiger partial charge on any atom is 0.306 e. The van der Waals surface area contributed by atoms with Crippen molar-refractivity contribution in [3.05, 3.63) is 88.0 Å². The highest BCUT2D eigenvalue weighted by atomic mass is 16.5. The molecular weight excluding hydrogens is 476 g/mol. The van der Waals surface area contributed by atoms with Crippen LogP contribution in [-0.4, -0.2) is 37.2 Å². The van der Waals surface area contributed by atoms with Gasteiger partial charge in [-0.3, -0.25) is 9.69 Å². The number of para-hydroxylation sites is 1. The molecule has 7 nitrogen and oxygen atoms in total. The number of hydrogen-bond acceptors (Lipinski definition) is 7. The third-order valence-electron chi connectivity index (χ3n) is 8.07. The molecule has 5 rings (SSSR count). The Morgan fingerprint density at radius 1 is 1.16 bits per heavy atom. The molecule has 1 fully saturated rings. The summed E-state index contributed by atoms with van der Waals surface area (Å²) >= 11 is 0. The molecule has 1 saturated carbocycles. The van der Waals surface area contributed by atoms with Gasteiger partial charge in [-0.25, -0.2) is 5.84 Å². The van der Waals surface area contributed by atoms with Crippen molar-refractivity contribution in [3.8, 4) is 5.75 Å². The summed E-state index contributed by atoms with van der Waals surface area (Å²) < 4.78 is 11.6. The summed E-state index contributed by atoms with van der Waals surface area (Å²) in [4.78, 5) is 15.0. The molecule has 3 aromatic rings. The van der Waals surface area contributed by atoms with Gasteiger partial charge in [-0.05, 0) is 66.6 Å². The third kappa shape index (κ3) is 5.22. The van der Waals surface area contributed by atoms with Crippen molar-refractivity contribution < 1.29 is 14.3 Å². The van der Waals surface area contributed by atoms with Crippen molar-refractivity contribution in [2.45, 2.75) is 57.7 Å². The number of nitrogens with zero attached hydrogens (tertiary/aromatic N) is 2. The Balaban J connectivity index is 1.49. The molecule has 0 radical (unpaired) electrons. The van der Waals surface area contributed by atoms with E-state index in [1.807, 2.05) is 25.1 Å². The molecule has 1 atom stereocenters. The number of aryl methyl sites for hydroxylation is 1. The van der Waals surface area contributed by atoms with Gasteiger partial charge in [0, 0.05) is 38.2 Å². The lowest BCUT2D eigenvalue weighted by Gasteiger charge is -2.26. The summed E-state index contributed by atoms with van der Waals surface area (Å²) in [6, 6.07) is 18.8. The predicted molar refractivity (Wildman–Crippen MR) is 151 cm³/mol. The van der Waals surface area contributed by atoms with Crippen LogP contribution in [0.2, 0.25) is 0 Å². The molecule has 0 bridgehead atoms. The molecule has 1 heterocycles. The van der Waals surface area contributed by atoms with Crippen LogP contribution in [0.5, 0.6) is 5.75 Å². The first-order chi connectivity index (χ1) is 18.2. The number of fused-ring (bicyclic) bond motifs is 1. The van der Waals surface area contributed by atoms with Crippen LogP contribution in [0, 0.1) is 13.8 Å². The first-order valence-electron chi connectivity index (χ1n) is 13.2. The van der Waals surface area contributed by atoms with E-state index in [0.717, 1.165) is 60.6 Å². The largest absolute Gasteiger partial charge is 0.486 e. The maximum atomic E-state index is 12.5. The SMILES string of the molecule is COC(=O)CC(c1ccc(C)c(CN2Cc3ccccc3OC3(CC3)C2)c1)c1ccc(N(C)N)c(N)c1C. The monoisotopic (exact) mass is 514 g/mol. The van der Waals surface area contributed by atoms with Gasteiger partial charge in [0.25, 0.3) is 0 Å². The van der Waals surface area contributed by atoms with E-state index in [1.54, 1.807) is 7.05 Å². The molecule has 0 saturated heterocycles. The third-order valence-corrected chi connectivity index (χ3v) is 8.07. The van der Waals surface area contributed by atoms with Crippen molar-refractivity contribution in [1.29, 1.82) is 0 Å². The number of nitrogens with two attached hydrogens (primary N) is 2. The second-order valence-corrected chi connectivity index (χ2v) is 10.9. The van der Waals surface area contributed by atoms with E-state index < -0.39 is 0 Å². The van der Waals surface area contributed by atoms with E-state index in [2.05, 4.69) is 48.2 Å². The molecule has 3 aromatic carbocycles. The molecule has 0 aromatic heterocycles. The standard InChI is InChI=1S/C31H38N4O3/c1-20-9-10-22(26(16-29(36)37-4)25-11-12-27(34(3)33)30(32)21(25)2)15-24(20)18-35-17-23-7-5-6-8-28(23)38-31(19-35)13-14-31/h5-12,15,26H,13-14,16-19,32-33H2,1-4H3. The van der Waals surface area contributed by atoms with Crippen LogP contribution >= 0.6 is 0 Å². The lowest BCUT2D eigenvalue weighted by atomic mass is 9.84. The number of rotatable bonds is 7. The first-order valence-corrected chi connectivity index (χ1v) is 13.2. The lowest BCUT2D eigenvalue weighted by Crippen LogP contribution is -2.34. The Morgan fingerprint density at radius 2 is 1.92 bits per heavy atom. The van der Waals surface area contributed by atoms with Crippen molar-refractivity contribution in [2.24, 2.45) is 5.84 Å². The highest BCUT2D eigenvalue weighted by molar-refractivity contribution is 5.75. The van der Waals surface area contributed by atoms with Gasteiger partial charge in [0.1, 0.15) is 11.4 Å². The second kappa shape index (κ2) is 10.3. The van der Waals surface area contributed by atoms with Crippen LogP contribution in [0.3, 0.4) is 0 Å². The molecule has 4 N–H and O–H groups in total. The van der Waals surface area contributed by atoms with Gasteiger partial charge >= 0.3 is 5.97 Å². The van der Waals surface area contributed by atoms with E-state index in [4.69, 9.17) is 21.1 Å². The molecule has 7 heteroatoms. The zero-order chi connectivity index (χ0) is 27.0. The number of carbonyl (C=O) groups is 1. The van der Waals surface area contributed by atoms with Gasteiger partial charge in [-0.2, -0.15) is 0 Å². The van der Waals surface area contributed by atoms with Crippen LogP contribution in [0.25, 0.3) is 0 Å². The van der Waals surface area contributed by atoms with E-state index in [-0.39, 0.29) is 23.9 Å². The molecule has 2 aliphatic rings. The molecule has 200 valence electrons. The summed E-state index contributed by atoms with van der Waals surface area (Å²) in [5, 5.41) is 1.51. The first kappa shape index (κ1) is 26.1. The molecule has 1 unspecified atom stereocenters. The summed E-state index contributed by atoms with van der Waals surface area (Å²) in [5.41, 5.74) is 14.5. The normalized spacial score (nSPS) is 16.8. The van der Waals surface area contributed by atoms with Gasteiger partial charge in [0.05, 0.1) is 24.9 Å². The van der Waals surface area contributed by atoms with Gasteiger partial charge in [0.15, 0.2) is 0 Å². The van der Waals surface area contributed by atoms with Crippen molar-refractivity contribution in [3.63, 3.8) is 0 Å². The number of carbonyl (C=O) groups excluding carboxylic acids is 1. The fourth-order valence-electron chi connectivity index (χ4n) is 5.61. The zero-order valence-electron chi connectivity index (χ0n) is 22.8. The molecule has 1 spiro atoms. The van der Waals surface area contributed by atoms with Crippen LogP contribution in [0.15, 0.2) is 54.6 Å². The van der Waals surface area contributed by atoms with E-state index in [9.17, 15) is 4.79 Å². The minimum Gasteiger partial charge on any atom is -0.486 e. The number of benzene rings is 3. The molecule has 1 aliphatic heterocycles. The summed E-state index contributed by atoms with van der Waals surface area (Å²) in [6.07, 6.45) is 2.41. The van der Waals surface area contributed by atoms with Crippen LogP contribution in [-0.2, 0) is 22.6 Å². The van der Waals surface area contributed by atoms with Crippen LogP contribution < -0.4 is 21.3 Å². The summed E-state index contributed by atoms with van der Waals surface area (Å²) in [7, 11) is 3.20. The van der Waals surface area contributed by atoms with E-state index in [1.165, 1.54) is 28.8 Å². The fraction of sp³-hybridized carbons (Fsp3) is 0.387. The number of anilines is 2. The molecule has 1 aliphatic carbocycles. The number of esters is 1. The Hall–Kier alpha value is -3.55. The van der Waals surface area contributed by atoms with Crippen LogP contribution in [0.1, 0.15) is 58.6 Å². The van der Waals surface area contributed by atoms with E-state index in [0.29, 0.717) is 5.69 Å². The summed E-state index contributed by atoms with van der Waals surface area (Å²) in [6.45, 7) is 6.69. The Bertz CT molecular complexity index is 1350. The number of nitrogen functional groups attached to an aromatic ring is 1. The second-order valence-electron chi connectivity index (χ2n) is 10.9.